The Hall–Kier alpha value is -3.04. The molecule has 1 saturated heterocycles. The molecule has 210 valence electrons. The molecule has 0 radical (unpaired) electrons. The number of nitrogens with two attached hydrogens (primary N) is 1. The van der Waals surface area contributed by atoms with E-state index in [9.17, 15) is 39.9 Å². The van der Waals surface area contributed by atoms with Crippen molar-refractivity contribution in [2.75, 3.05) is 0 Å². The number of nitrogens with zero attached hydrogens (tertiary/aromatic N) is 3. The molecular formula is C22H23F8N5O3. The minimum atomic E-state index is -5.19. The average molecular weight is 557 g/mol. The summed E-state index contributed by atoms with van der Waals surface area (Å²) in [6.45, 7) is 0.540. The molecule has 5 rings (SSSR count). The molecule has 2 saturated carbocycles. The third-order valence-corrected chi connectivity index (χ3v) is 7.24. The monoisotopic (exact) mass is 557 g/mol. The molecule has 8 nitrogen and oxygen atoms in total. The number of nitrogens with one attached hydrogen (secondary N) is 1. The van der Waals surface area contributed by atoms with E-state index >= 15 is 0 Å². The van der Waals surface area contributed by atoms with Gasteiger partial charge in [0.2, 0.25) is 11.8 Å². The van der Waals surface area contributed by atoms with Crippen molar-refractivity contribution in [1.29, 1.82) is 0 Å². The first-order valence-electron chi connectivity index (χ1n) is 11.7. The van der Waals surface area contributed by atoms with Crippen LogP contribution < -0.4 is 15.7 Å². The Morgan fingerprint density at radius 3 is 2.34 bits per heavy atom. The van der Waals surface area contributed by atoms with Gasteiger partial charge < -0.3 is 20.5 Å². The highest BCUT2D eigenvalue weighted by molar-refractivity contribution is 5.90. The summed E-state index contributed by atoms with van der Waals surface area (Å²) in [6, 6.07) is 0.113. The predicted molar refractivity (Wildman–Crippen MR) is 109 cm³/mol. The van der Waals surface area contributed by atoms with Crippen molar-refractivity contribution in [3.05, 3.63) is 29.7 Å². The number of hydrogen-bond donors (Lipinski definition) is 2. The van der Waals surface area contributed by atoms with E-state index in [0.717, 1.165) is 5.69 Å². The number of rotatable bonds is 4. The molecule has 1 spiro atoms. The first kappa shape index (κ1) is 28.0. The van der Waals surface area contributed by atoms with E-state index in [1.807, 2.05) is 5.32 Å². The van der Waals surface area contributed by atoms with E-state index < -0.39 is 41.6 Å². The molecule has 3 atom stereocenters. The number of alkyl halides is 8. The normalized spacial score (nSPS) is 27.2. The van der Waals surface area contributed by atoms with Crippen LogP contribution in [0.4, 0.5) is 35.1 Å². The Balaban J connectivity index is 0.000000426. The molecule has 0 bridgehead atoms. The van der Waals surface area contributed by atoms with E-state index in [2.05, 4.69) is 15.4 Å². The molecule has 0 aromatic carbocycles. The zero-order valence-corrected chi connectivity index (χ0v) is 19.6. The van der Waals surface area contributed by atoms with Crippen molar-refractivity contribution in [2.24, 2.45) is 5.41 Å². The number of carboxylic acids is 1. The van der Waals surface area contributed by atoms with Gasteiger partial charge in [-0.3, -0.25) is 4.79 Å². The van der Waals surface area contributed by atoms with Gasteiger partial charge in [0.15, 0.2) is 5.65 Å². The SMILES string of the molecule is O=C([O-])C(F)(F)F.O=C1N[C@H](C(F)(F)F)CC12C[C@H]2c1cnn2cc(C[NH2+]C3CCC(F)(F)CC3)nc2c1. The van der Waals surface area contributed by atoms with Gasteiger partial charge in [-0.2, -0.15) is 31.4 Å². The van der Waals surface area contributed by atoms with E-state index in [4.69, 9.17) is 9.90 Å². The van der Waals surface area contributed by atoms with Gasteiger partial charge in [-0.25, -0.2) is 18.3 Å². The van der Waals surface area contributed by atoms with Gasteiger partial charge in [0.1, 0.15) is 24.2 Å². The van der Waals surface area contributed by atoms with Crippen molar-refractivity contribution in [1.82, 2.24) is 19.9 Å². The van der Waals surface area contributed by atoms with E-state index in [0.29, 0.717) is 37.0 Å². The van der Waals surface area contributed by atoms with Crippen LogP contribution in [0.15, 0.2) is 18.5 Å². The summed E-state index contributed by atoms with van der Waals surface area (Å²) in [5.41, 5.74) is 1.01. The largest absolute Gasteiger partial charge is 0.542 e. The second kappa shape index (κ2) is 9.61. The first-order chi connectivity index (χ1) is 17.5. The number of hydrogen-bond acceptors (Lipinski definition) is 5. The number of carboxylic acid groups (broad SMARTS) is 1. The highest BCUT2D eigenvalue weighted by Gasteiger charge is 2.68. The van der Waals surface area contributed by atoms with Gasteiger partial charge in [-0.05, 0) is 24.5 Å². The molecule has 3 heterocycles. The lowest BCUT2D eigenvalue weighted by Crippen LogP contribution is -2.89. The standard InChI is InChI=1S/C20H22F5N5O.C2HF3O2/c21-19(22)3-1-12(2-4-19)26-9-13-10-30-16(28-13)5-11(8-27-30)14-6-18(14)7-15(20(23,24)25)29-17(18)31;3-2(4,5)1(6)7/h5,8,10,12,14-15,26H,1-4,6-7,9H2,(H,29,31);(H,6,7)/t14-,15-,18?;/m0./s1. The molecular weight excluding hydrogens is 534 g/mol. The van der Waals surface area contributed by atoms with Crippen LogP contribution >= 0.6 is 0 Å². The maximum Gasteiger partial charge on any atom is 0.430 e. The molecule has 1 unspecified atom stereocenters. The predicted octanol–water partition coefficient (Wildman–Crippen LogP) is 1.59. The molecule has 38 heavy (non-hydrogen) atoms. The number of carbonyl (C=O) groups is 2. The number of halogens is 8. The Kier molecular flexibility index (Phi) is 7.08. The van der Waals surface area contributed by atoms with Crippen molar-refractivity contribution in [3.8, 4) is 0 Å². The summed E-state index contributed by atoms with van der Waals surface area (Å²) >= 11 is 0. The van der Waals surface area contributed by atoms with Gasteiger partial charge in [-0.1, -0.05) is 0 Å². The van der Waals surface area contributed by atoms with Gasteiger partial charge in [0.05, 0.1) is 23.9 Å². The lowest BCUT2D eigenvalue weighted by Gasteiger charge is -2.26. The molecule has 1 aliphatic heterocycles. The molecule has 1 amide bonds. The average Bonchev–Trinajstić information content (AvgIpc) is 3.22. The lowest BCUT2D eigenvalue weighted by molar-refractivity contribution is -0.708. The Morgan fingerprint density at radius 2 is 1.79 bits per heavy atom. The molecule has 2 aromatic heterocycles. The van der Waals surface area contributed by atoms with Gasteiger partial charge >= 0.3 is 12.4 Å². The number of aliphatic carboxylic acids is 1. The fraction of sp³-hybridized carbons (Fsp3) is 0.636. The number of aromatic nitrogens is 3. The summed E-state index contributed by atoms with van der Waals surface area (Å²) in [4.78, 5) is 25.5. The summed E-state index contributed by atoms with van der Waals surface area (Å²) in [5, 5.41) is 17.2. The van der Waals surface area contributed by atoms with Crippen molar-refractivity contribution >= 4 is 17.5 Å². The van der Waals surface area contributed by atoms with Gasteiger partial charge in [-0.15, -0.1) is 0 Å². The van der Waals surface area contributed by atoms with E-state index in [1.165, 1.54) is 0 Å². The van der Waals surface area contributed by atoms with Crippen molar-refractivity contribution in [2.45, 2.75) is 81.3 Å². The Labute approximate surface area is 209 Å². The van der Waals surface area contributed by atoms with Crippen LogP contribution in [-0.2, 0) is 16.1 Å². The van der Waals surface area contributed by atoms with E-state index in [-0.39, 0.29) is 31.2 Å². The smallest absolute Gasteiger partial charge is 0.430 e. The second-order valence-corrected chi connectivity index (χ2v) is 9.93. The van der Waals surface area contributed by atoms with Crippen LogP contribution in [0.3, 0.4) is 0 Å². The summed E-state index contributed by atoms with van der Waals surface area (Å²) in [5.74, 6) is -6.40. The van der Waals surface area contributed by atoms with Crippen LogP contribution in [0, 0.1) is 5.41 Å². The fourth-order valence-electron chi connectivity index (χ4n) is 5.04. The van der Waals surface area contributed by atoms with Crippen LogP contribution in [0.2, 0.25) is 0 Å². The Morgan fingerprint density at radius 1 is 1.16 bits per heavy atom. The third kappa shape index (κ3) is 5.99. The van der Waals surface area contributed by atoms with Crippen molar-refractivity contribution < 1.29 is 55.1 Å². The topological polar surface area (TPSA) is 116 Å². The van der Waals surface area contributed by atoms with Gasteiger partial charge in [0.25, 0.3) is 0 Å². The molecule has 3 N–H and O–H groups in total. The molecule has 2 aromatic rings. The molecule has 3 fully saturated rings. The maximum absolute atomic E-state index is 13.3. The molecule has 16 heteroatoms. The van der Waals surface area contributed by atoms with Crippen LogP contribution in [0.25, 0.3) is 5.65 Å². The van der Waals surface area contributed by atoms with Crippen LogP contribution in [0.5, 0.6) is 0 Å². The molecule has 3 aliphatic rings. The number of amides is 1. The third-order valence-electron chi connectivity index (χ3n) is 7.24. The second-order valence-electron chi connectivity index (χ2n) is 9.93. The highest BCUT2D eigenvalue weighted by atomic mass is 19.4. The first-order valence-corrected chi connectivity index (χ1v) is 11.7. The number of fused-ring (bicyclic) bond motifs is 1. The number of imidazole rings is 1. The minimum Gasteiger partial charge on any atom is -0.542 e. The number of quaternary nitrogens is 1. The summed E-state index contributed by atoms with van der Waals surface area (Å²) in [6.07, 6.45) is -5.42. The highest BCUT2D eigenvalue weighted by Crippen LogP contribution is 2.65. The summed E-state index contributed by atoms with van der Waals surface area (Å²) in [7, 11) is 0. The van der Waals surface area contributed by atoms with Crippen LogP contribution in [-0.4, -0.2) is 56.8 Å². The molecule has 2 aliphatic carbocycles. The lowest BCUT2D eigenvalue weighted by atomic mass is 9.92. The number of carbonyl (C=O) groups excluding carboxylic acids is 2. The zero-order valence-electron chi connectivity index (χ0n) is 19.6. The van der Waals surface area contributed by atoms with Crippen LogP contribution in [0.1, 0.15) is 55.7 Å². The van der Waals surface area contributed by atoms with Crippen molar-refractivity contribution in [3.63, 3.8) is 0 Å². The minimum absolute atomic E-state index is 0.0871. The quantitative estimate of drug-likeness (QED) is 0.555. The maximum atomic E-state index is 13.3. The van der Waals surface area contributed by atoms with Gasteiger partial charge in [0, 0.05) is 31.6 Å². The Bertz CT molecular complexity index is 1200. The fourth-order valence-corrected chi connectivity index (χ4v) is 5.04. The summed E-state index contributed by atoms with van der Waals surface area (Å²) < 4.78 is 98.7. The zero-order chi connectivity index (χ0) is 28.1. The van der Waals surface area contributed by atoms with E-state index in [1.54, 1.807) is 23.0 Å².